The van der Waals surface area contributed by atoms with Gasteiger partial charge in [-0.05, 0) is 75.1 Å². The lowest BCUT2D eigenvalue weighted by Gasteiger charge is -2.47. The zero-order valence-electron chi connectivity index (χ0n) is 22.7. The predicted octanol–water partition coefficient (Wildman–Crippen LogP) is 5.60. The summed E-state index contributed by atoms with van der Waals surface area (Å²) in [6, 6.07) is 27.1. The van der Waals surface area contributed by atoms with Gasteiger partial charge in [0, 0.05) is 50.4 Å². The highest BCUT2D eigenvalue weighted by Gasteiger charge is 2.34. The van der Waals surface area contributed by atoms with Crippen LogP contribution in [0.5, 0.6) is 5.75 Å². The van der Waals surface area contributed by atoms with Crippen LogP contribution in [0.15, 0.2) is 78.9 Å². The number of rotatable bonds is 9. The van der Waals surface area contributed by atoms with E-state index in [1.807, 2.05) is 43.0 Å². The Bertz CT molecular complexity index is 1140. The number of amides is 1. The van der Waals surface area contributed by atoms with Crippen molar-refractivity contribution in [3.8, 4) is 5.75 Å². The molecule has 0 bridgehead atoms. The molecule has 1 saturated heterocycles. The first-order chi connectivity index (χ1) is 17.9. The minimum Gasteiger partial charge on any atom is -0.508 e. The van der Waals surface area contributed by atoms with Gasteiger partial charge in [-0.1, -0.05) is 54.6 Å². The van der Waals surface area contributed by atoms with Gasteiger partial charge in [-0.2, -0.15) is 0 Å². The molecule has 1 aliphatic heterocycles. The first-order valence-corrected chi connectivity index (χ1v) is 13.6. The Morgan fingerprint density at radius 1 is 0.892 bits per heavy atom. The molecule has 3 aromatic carbocycles. The van der Waals surface area contributed by atoms with E-state index in [0.717, 1.165) is 37.2 Å². The van der Waals surface area contributed by atoms with Gasteiger partial charge in [0.15, 0.2) is 0 Å². The van der Waals surface area contributed by atoms with Crippen molar-refractivity contribution in [1.29, 1.82) is 0 Å². The molecular formula is C32H41N3O2. The van der Waals surface area contributed by atoms with E-state index in [2.05, 4.69) is 72.2 Å². The van der Waals surface area contributed by atoms with Crippen molar-refractivity contribution < 1.29 is 9.90 Å². The van der Waals surface area contributed by atoms with Gasteiger partial charge in [-0.3, -0.25) is 14.6 Å². The lowest BCUT2D eigenvalue weighted by Crippen LogP contribution is -2.57. The molecule has 3 aromatic rings. The summed E-state index contributed by atoms with van der Waals surface area (Å²) < 4.78 is 0. The van der Waals surface area contributed by atoms with Crippen molar-refractivity contribution in [3.63, 3.8) is 0 Å². The van der Waals surface area contributed by atoms with Crippen LogP contribution in [0.4, 0.5) is 0 Å². The maximum absolute atomic E-state index is 12.9. The lowest BCUT2D eigenvalue weighted by atomic mass is 9.92. The number of aromatic hydroxyl groups is 1. The van der Waals surface area contributed by atoms with E-state index in [0.29, 0.717) is 30.7 Å². The monoisotopic (exact) mass is 499 g/mol. The summed E-state index contributed by atoms with van der Waals surface area (Å²) in [5.74, 6) is 0.345. The van der Waals surface area contributed by atoms with Crippen LogP contribution in [0.3, 0.4) is 0 Å². The van der Waals surface area contributed by atoms with Crippen LogP contribution in [0.1, 0.15) is 60.8 Å². The highest BCUT2D eigenvalue weighted by Crippen LogP contribution is 2.34. The fourth-order valence-electron chi connectivity index (χ4n) is 5.59. The van der Waals surface area contributed by atoms with Crippen LogP contribution in [-0.4, -0.2) is 70.5 Å². The molecule has 37 heavy (non-hydrogen) atoms. The molecule has 0 radical (unpaired) electrons. The predicted molar refractivity (Wildman–Crippen MR) is 151 cm³/mol. The molecule has 0 unspecified atom stereocenters. The SMILES string of the molecule is CCN(CC)C(=O)c1ccc([C@H](c2cccc(O)c2)N2C[C@@H](C)N(CCc3ccccc3)C[C@@H]2C)cc1. The Hall–Kier alpha value is -3.15. The molecule has 4 rings (SSSR count). The fourth-order valence-corrected chi connectivity index (χ4v) is 5.59. The first-order valence-electron chi connectivity index (χ1n) is 13.6. The van der Waals surface area contributed by atoms with E-state index in [1.54, 1.807) is 6.07 Å². The van der Waals surface area contributed by atoms with Gasteiger partial charge in [0.05, 0.1) is 6.04 Å². The molecule has 0 spiro atoms. The number of benzene rings is 3. The number of hydrogen-bond donors (Lipinski definition) is 1. The van der Waals surface area contributed by atoms with Crippen molar-refractivity contribution >= 4 is 5.91 Å². The molecule has 5 nitrogen and oxygen atoms in total. The summed E-state index contributed by atoms with van der Waals surface area (Å²) in [6.45, 7) is 13.0. The molecule has 1 N–H and O–H groups in total. The Balaban J connectivity index is 1.57. The third-order valence-electron chi connectivity index (χ3n) is 7.74. The highest BCUT2D eigenvalue weighted by atomic mass is 16.3. The second-order valence-corrected chi connectivity index (χ2v) is 10.2. The zero-order valence-corrected chi connectivity index (χ0v) is 22.7. The Labute approximate surface area is 222 Å². The van der Waals surface area contributed by atoms with Crippen LogP contribution >= 0.6 is 0 Å². The number of piperazine rings is 1. The summed E-state index contributed by atoms with van der Waals surface area (Å²) in [5, 5.41) is 10.3. The largest absolute Gasteiger partial charge is 0.508 e. The second-order valence-electron chi connectivity index (χ2n) is 10.2. The Morgan fingerprint density at radius 3 is 2.24 bits per heavy atom. The lowest BCUT2D eigenvalue weighted by molar-refractivity contribution is 0.0246. The van der Waals surface area contributed by atoms with E-state index in [-0.39, 0.29) is 17.7 Å². The van der Waals surface area contributed by atoms with E-state index >= 15 is 0 Å². The molecule has 1 heterocycles. The van der Waals surface area contributed by atoms with Crippen molar-refractivity contribution in [2.45, 2.75) is 52.2 Å². The van der Waals surface area contributed by atoms with Gasteiger partial charge < -0.3 is 10.0 Å². The van der Waals surface area contributed by atoms with Crippen molar-refractivity contribution in [2.24, 2.45) is 0 Å². The van der Waals surface area contributed by atoms with Crippen molar-refractivity contribution in [1.82, 2.24) is 14.7 Å². The van der Waals surface area contributed by atoms with Gasteiger partial charge in [-0.15, -0.1) is 0 Å². The molecule has 1 aliphatic rings. The number of phenols is 1. The number of carbonyl (C=O) groups is 1. The molecule has 1 amide bonds. The molecule has 0 aromatic heterocycles. The molecule has 3 atom stereocenters. The smallest absolute Gasteiger partial charge is 0.253 e. The third kappa shape index (κ3) is 6.41. The van der Waals surface area contributed by atoms with Crippen LogP contribution < -0.4 is 0 Å². The summed E-state index contributed by atoms with van der Waals surface area (Å²) in [6.07, 6.45) is 1.05. The Kier molecular flexibility index (Phi) is 9.01. The average molecular weight is 500 g/mol. The van der Waals surface area contributed by atoms with Gasteiger partial charge in [0.25, 0.3) is 5.91 Å². The molecule has 1 fully saturated rings. The average Bonchev–Trinajstić information content (AvgIpc) is 2.91. The van der Waals surface area contributed by atoms with Gasteiger partial charge in [-0.25, -0.2) is 0 Å². The third-order valence-corrected chi connectivity index (χ3v) is 7.74. The number of phenolic OH excluding ortho intramolecular Hbond substituents is 1. The minimum atomic E-state index is -0.00145. The minimum absolute atomic E-state index is 0.00145. The van der Waals surface area contributed by atoms with E-state index in [9.17, 15) is 9.90 Å². The Morgan fingerprint density at radius 2 is 1.59 bits per heavy atom. The highest BCUT2D eigenvalue weighted by molar-refractivity contribution is 5.94. The maximum atomic E-state index is 12.9. The molecule has 0 aliphatic carbocycles. The topological polar surface area (TPSA) is 47.0 Å². The quantitative estimate of drug-likeness (QED) is 0.416. The van der Waals surface area contributed by atoms with Crippen LogP contribution in [0.2, 0.25) is 0 Å². The summed E-state index contributed by atoms with van der Waals surface area (Å²) in [7, 11) is 0. The zero-order chi connectivity index (χ0) is 26.4. The number of carbonyl (C=O) groups excluding carboxylic acids is 1. The molecular weight excluding hydrogens is 458 g/mol. The van der Waals surface area contributed by atoms with Crippen molar-refractivity contribution in [3.05, 3.63) is 101 Å². The van der Waals surface area contributed by atoms with E-state index in [1.165, 1.54) is 5.56 Å². The summed E-state index contributed by atoms with van der Waals surface area (Å²) in [5.41, 5.74) is 4.30. The van der Waals surface area contributed by atoms with E-state index < -0.39 is 0 Å². The van der Waals surface area contributed by atoms with Crippen LogP contribution in [0.25, 0.3) is 0 Å². The molecule has 0 saturated carbocycles. The fraction of sp³-hybridized carbons (Fsp3) is 0.406. The van der Waals surface area contributed by atoms with E-state index in [4.69, 9.17) is 0 Å². The summed E-state index contributed by atoms with van der Waals surface area (Å²) >= 11 is 0. The van der Waals surface area contributed by atoms with Crippen molar-refractivity contribution in [2.75, 3.05) is 32.7 Å². The molecule has 196 valence electrons. The van der Waals surface area contributed by atoms with Crippen LogP contribution in [-0.2, 0) is 6.42 Å². The second kappa shape index (κ2) is 12.4. The van der Waals surface area contributed by atoms with Gasteiger partial charge in [0.2, 0.25) is 0 Å². The first kappa shape index (κ1) is 26.9. The normalized spacial score (nSPS) is 19.5. The van der Waals surface area contributed by atoms with Gasteiger partial charge in [0.1, 0.15) is 5.75 Å². The summed E-state index contributed by atoms with van der Waals surface area (Å²) in [4.78, 5) is 19.9. The standard InChI is InChI=1S/C32H41N3O2/c1-5-33(6-2)32(37)28-17-15-27(16-18-28)31(29-13-10-14-30(36)21-29)35-23-24(3)34(22-25(35)4)20-19-26-11-8-7-9-12-26/h7-18,21,24-25,31,36H,5-6,19-20,22-23H2,1-4H3/t24-,25+,31-/m1/s1. The van der Waals surface area contributed by atoms with Crippen LogP contribution in [0, 0.1) is 0 Å². The van der Waals surface area contributed by atoms with Gasteiger partial charge >= 0.3 is 0 Å². The number of hydrogen-bond acceptors (Lipinski definition) is 4. The molecule has 5 heteroatoms. The maximum Gasteiger partial charge on any atom is 0.253 e. The number of nitrogens with zero attached hydrogens (tertiary/aromatic N) is 3.